The van der Waals surface area contributed by atoms with Crippen molar-refractivity contribution in [2.75, 3.05) is 0 Å². The van der Waals surface area contributed by atoms with Gasteiger partial charge in [0.1, 0.15) is 5.69 Å². The van der Waals surface area contributed by atoms with Crippen LogP contribution in [0, 0.1) is 13.8 Å². The van der Waals surface area contributed by atoms with Crippen molar-refractivity contribution in [1.29, 1.82) is 0 Å². The normalized spacial score (nSPS) is 11.2. The molecular weight excluding hydrogens is 254 g/mol. The molecule has 0 aliphatic rings. The molecule has 3 rings (SSSR count). The number of aromatic nitrogens is 4. The average Bonchev–Trinajstić information content (AvgIpc) is 2.97. The Balaban J connectivity index is 2.29. The number of imidazole rings is 1. The standard InChI is InChI=1S/C14H15N5O/c1-7-4-10-11(5-8(7)2)19(3)14(17-10)12-9(13(15)20)6-16-18-12/h4-6H,1-3H3,(H2,15,20)(H,16,18). The number of carbonyl (C=O) groups is 1. The second-order valence-electron chi connectivity index (χ2n) is 4.93. The Hall–Kier alpha value is -2.63. The number of aryl methyl sites for hydroxylation is 3. The van der Waals surface area contributed by atoms with E-state index >= 15 is 0 Å². The summed E-state index contributed by atoms with van der Waals surface area (Å²) in [7, 11) is 1.90. The van der Waals surface area contributed by atoms with Crippen molar-refractivity contribution in [2.24, 2.45) is 12.8 Å². The van der Waals surface area contributed by atoms with E-state index in [9.17, 15) is 4.79 Å². The minimum atomic E-state index is -0.520. The first-order valence-electron chi connectivity index (χ1n) is 6.26. The van der Waals surface area contributed by atoms with Crippen LogP contribution in [0.4, 0.5) is 0 Å². The van der Waals surface area contributed by atoms with Gasteiger partial charge in [0.25, 0.3) is 5.91 Å². The molecule has 1 aromatic carbocycles. The van der Waals surface area contributed by atoms with Crippen LogP contribution >= 0.6 is 0 Å². The number of fused-ring (bicyclic) bond motifs is 1. The maximum absolute atomic E-state index is 11.4. The monoisotopic (exact) mass is 269 g/mol. The summed E-state index contributed by atoms with van der Waals surface area (Å²) in [5.74, 6) is 0.105. The summed E-state index contributed by atoms with van der Waals surface area (Å²) in [6.45, 7) is 4.11. The lowest BCUT2D eigenvalue weighted by Crippen LogP contribution is -2.11. The van der Waals surface area contributed by atoms with Gasteiger partial charge in [-0.05, 0) is 37.1 Å². The van der Waals surface area contributed by atoms with E-state index in [2.05, 4.69) is 28.2 Å². The topological polar surface area (TPSA) is 89.6 Å². The third-order valence-corrected chi connectivity index (χ3v) is 3.61. The number of aromatic amines is 1. The van der Waals surface area contributed by atoms with Gasteiger partial charge in [0, 0.05) is 13.2 Å². The fraction of sp³-hybridized carbons (Fsp3) is 0.214. The number of carbonyl (C=O) groups excluding carboxylic acids is 1. The highest BCUT2D eigenvalue weighted by Gasteiger charge is 2.19. The van der Waals surface area contributed by atoms with E-state index in [1.807, 2.05) is 24.6 Å². The van der Waals surface area contributed by atoms with Crippen LogP contribution in [-0.2, 0) is 7.05 Å². The quantitative estimate of drug-likeness (QED) is 0.741. The Bertz CT molecular complexity index is 828. The molecule has 0 atom stereocenters. The number of hydrogen-bond acceptors (Lipinski definition) is 3. The Morgan fingerprint density at radius 2 is 2.00 bits per heavy atom. The van der Waals surface area contributed by atoms with Gasteiger partial charge in [0.2, 0.25) is 0 Å². The van der Waals surface area contributed by atoms with Crippen molar-refractivity contribution in [2.45, 2.75) is 13.8 Å². The molecule has 6 heteroatoms. The molecule has 0 aliphatic carbocycles. The summed E-state index contributed by atoms with van der Waals surface area (Å²) in [5, 5.41) is 6.77. The summed E-state index contributed by atoms with van der Waals surface area (Å²) < 4.78 is 1.92. The molecule has 0 saturated heterocycles. The molecule has 0 fully saturated rings. The van der Waals surface area contributed by atoms with E-state index in [0.29, 0.717) is 17.1 Å². The van der Waals surface area contributed by atoms with Gasteiger partial charge in [-0.1, -0.05) is 0 Å². The molecule has 0 saturated carbocycles. The van der Waals surface area contributed by atoms with Crippen LogP contribution in [0.2, 0.25) is 0 Å². The maximum atomic E-state index is 11.4. The number of H-pyrrole nitrogens is 1. The molecule has 0 unspecified atom stereocenters. The third-order valence-electron chi connectivity index (χ3n) is 3.61. The van der Waals surface area contributed by atoms with Gasteiger partial charge in [-0.2, -0.15) is 5.10 Å². The predicted octanol–water partition coefficient (Wildman–Crippen LogP) is 1.68. The van der Waals surface area contributed by atoms with E-state index in [4.69, 9.17) is 5.73 Å². The molecule has 6 nitrogen and oxygen atoms in total. The van der Waals surface area contributed by atoms with Gasteiger partial charge in [0.15, 0.2) is 5.82 Å². The maximum Gasteiger partial charge on any atom is 0.252 e. The summed E-state index contributed by atoms with van der Waals surface area (Å²) in [4.78, 5) is 16.0. The van der Waals surface area contributed by atoms with Crippen LogP contribution in [0.15, 0.2) is 18.3 Å². The van der Waals surface area contributed by atoms with Crippen molar-refractivity contribution < 1.29 is 4.79 Å². The number of hydrogen-bond donors (Lipinski definition) is 2. The van der Waals surface area contributed by atoms with E-state index in [1.165, 1.54) is 17.3 Å². The highest BCUT2D eigenvalue weighted by Crippen LogP contribution is 2.26. The van der Waals surface area contributed by atoms with E-state index in [1.54, 1.807) is 0 Å². The molecule has 0 aliphatic heterocycles. The minimum Gasteiger partial charge on any atom is -0.365 e. The highest BCUT2D eigenvalue weighted by molar-refractivity contribution is 5.98. The van der Waals surface area contributed by atoms with Crippen LogP contribution < -0.4 is 5.73 Å². The minimum absolute atomic E-state index is 0.344. The Morgan fingerprint density at radius 1 is 1.30 bits per heavy atom. The van der Waals surface area contributed by atoms with Gasteiger partial charge < -0.3 is 10.3 Å². The Morgan fingerprint density at radius 3 is 2.70 bits per heavy atom. The zero-order valence-corrected chi connectivity index (χ0v) is 11.6. The second kappa shape index (κ2) is 4.19. The lowest BCUT2D eigenvalue weighted by Gasteiger charge is -2.02. The molecule has 20 heavy (non-hydrogen) atoms. The molecule has 0 spiro atoms. The van der Waals surface area contributed by atoms with E-state index in [0.717, 1.165) is 11.0 Å². The third kappa shape index (κ3) is 1.69. The predicted molar refractivity (Wildman–Crippen MR) is 76.3 cm³/mol. The number of nitrogens with zero attached hydrogens (tertiary/aromatic N) is 3. The van der Waals surface area contributed by atoms with Crippen molar-refractivity contribution in [3.8, 4) is 11.5 Å². The molecule has 2 heterocycles. The molecular formula is C14H15N5O. The molecule has 1 amide bonds. The highest BCUT2D eigenvalue weighted by atomic mass is 16.1. The van der Waals surface area contributed by atoms with E-state index in [-0.39, 0.29) is 0 Å². The first-order valence-corrected chi connectivity index (χ1v) is 6.26. The summed E-state index contributed by atoms with van der Waals surface area (Å²) in [5.41, 5.74) is 10.4. The Kier molecular flexibility index (Phi) is 2.60. The van der Waals surface area contributed by atoms with Gasteiger partial charge in [-0.3, -0.25) is 9.89 Å². The lowest BCUT2D eigenvalue weighted by atomic mass is 10.1. The van der Waals surface area contributed by atoms with E-state index < -0.39 is 5.91 Å². The van der Waals surface area contributed by atoms with Crippen LogP contribution in [0.5, 0.6) is 0 Å². The molecule has 3 N–H and O–H groups in total. The number of nitrogens with two attached hydrogens (primary N) is 1. The van der Waals surface area contributed by atoms with Gasteiger partial charge in [-0.15, -0.1) is 0 Å². The van der Waals surface area contributed by atoms with Crippen molar-refractivity contribution in [3.63, 3.8) is 0 Å². The molecule has 2 aromatic heterocycles. The molecule has 0 radical (unpaired) electrons. The molecule has 102 valence electrons. The van der Waals surface area contributed by atoms with Crippen molar-refractivity contribution in [3.05, 3.63) is 35.0 Å². The van der Waals surface area contributed by atoms with Crippen LogP contribution in [0.3, 0.4) is 0 Å². The van der Waals surface area contributed by atoms with Crippen LogP contribution in [0.25, 0.3) is 22.6 Å². The first-order chi connectivity index (χ1) is 9.49. The zero-order valence-electron chi connectivity index (χ0n) is 11.6. The molecule has 0 bridgehead atoms. The fourth-order valence-corrected chi connectivity index (χ4v) is 2.31. The number of nitrogens with one attached hydrogen (secondary N) is 1. The van der Waals surface area contributed by atoms with Crippen LogP contribution in [0.1, 0.15) is 21.5 Å². The first kappa shape index (κ1) is 12.4. The number of primary amides is 1. The zero-order chi connectivity index (χ0) is 14.4. The fourth-order valence-electron chi connectivity index (χ4n) is 2.31. The second-order valence-corrected chi connectivity index (χ2v) is 4.93. The number of rotatable bonds is 2. The Labute approximate surface area is 115 Å². The van der Waals surface area contributed by atoms with Gasteiger partial charge in [0.05, 0.1) is 16.6 Å². The lowest BCUT2D eigenvalue weighted by molar-refractivity contribution is 0.100. The largest absolute Gasteiger partial charge is 0.365 e. The molecule has 3 aromatic rings. The van der Waals surface area contributed by atoms with Crippen molar-refractivity contribution >= 4 is 16.9 Å². The van der Waals surface area contributed by atoms with Gasteiger partial charge in [-0.25, -0.2) is 4.98 Å². The van der Waals surface area contributed by atoms with Crippen LogP contribution in [-0.4, -0.2) is 25.7 Å². The average molecular weight is 269 g/mol. The number of benzene rings is 1. The summed E-state index contributed by atoms with van der Waals surface area (Å²) in [6, 6.07) is 4.11. The van der Waals surface area contributed by atoms with Gasteiger partial charge >= 0.3 is 0 Å². The summed E-state index contributed by atoms with van der Waals surface area (Å²) >= 11 is 0. The summed E-state index contributed by atoms with van der Waals surface area (Å²) in [6.07, 6.45) is 1.49. The number of amides is 1. The SMILES string of the molecule is Cc1cc2nc(-c3n[nH]cc3C(N)=O)n(C)c2cc1C. The van der Waals surface area contributed by atoms with Crippen molar-refractivity contribution in [1.82, 2.24) is 19.7 Å². The smallest absolute Gasteiger partial charge is 0.252 e.